The lowest BCUT2D eigenvalue weighted by Crippen LogP contribution is -2.18. The van der Waals surface area contributed by atoms with Crippen molar-refractivity contribution in [2.45, 2.75) is 4.90 Å². The van der Waals surface area contributed by atoms with E-state index in [1.807, 2.05) is 36.6 Å². The van der Waals surface area contributed by atoms with Gasteiger partial charge in [-0.1, -0.05) is 24.3 Å². The average molecular weight is 300 g/mol. The number of ether oxygens (including phenoxy) is 1. The van der Waals surface area contributed by atoms with E-state index in [1.54, 1.807) is 36.2 Å². The van der Waals surface area contributed by atoms with Crippen LogP contribution in [0.4, 0.5) is 0 Å². The van der Waals surface area contributed by atoms with E-state index in [0.29, 0.717) is 11.3 Å². The quantitative estimate of drug-likeness (QED) is 0.524. The zero-order valence-corrected chi connectivity index (χ0v) is 12.7. The van der Waals surface area contributed by atoms with Crippen molar-refractivity contribution in [1.82, 2.24) is 5.43 Å². The summed E-state index contributed by atoms with van der Waals surface area (Å²) in [6.45, 7) is 0. The number of hydrogen-bond donors (Lipinski definition) is 1. The van der Waals surface area contributed by atoms with Gasteiger partial charge in [-0.25, -0.2) is 5.43 Å². The molecule has 0 unspecified atom stereocenters. The number of carbonyl (C=O) groups is 1. The monoisotopic (exact) mass is 300 g/mol. The van der Waals surface area contributed by atoms with E-state index in [9.17, 15) is 4.79 Å². The van der Waals surface area contributed by atoms with Crippen LogP contribution >= 0.6 is 11.8 Å². The highest BCUT2D eigenvalue weighted by Gasteiger charge is 2.09. The fourth-order valence-corrected chi connectivity index (χ4v) is 2.16. The number of carbonyl (C=O) groups excluding carboxylic acids is 1. The number of hydrazone groups is 1. The summed E-state index contributed by atoms with van der Waals surface area (Å²) < 4.78 is 5.14. The predicted octanol–water partition coefficient (Wildman–Crippen LogP) is 3.18. The SMILES string of the molecule is COc1ccccc1C(=O)NN=Cc1ccc(SC)cc1. The maximum absolute atomic E-state index is 12.0. The molecule has 1 amide bonds. The van der Waals surface area contributed by atoms with Gasteiger partial charge in [0.1, 0.15) is 5.75 Å². The van der Waals surface area contributed by atoms with Crippen LogP contribution in [0.1, 0.15) is 15.9 Å². The molecule has 0 saturated carbocycles. The van der Waals surface area contributed by atoms with Crippen LogP contribution < -0.4 is 10.2 Å². The smallest absolute Gasteiger partial charge is 0.275 e. The van der Waals surface area contributed by atoms with Crippen molar-refractivity contribution >= 4 is 23.9 Å². The molecule has 0 aliphatic carbocycles. The first-order valence-electron chi connectivity index (χ1n) is 6.35. The minimum atomic E-state index is -0.301. The van der Waals surface area contributed by atoms with Gasteiger partial charge in [-0.2, -0.15) is 5.10 Å². The molecular weight excluding hydrogens is 284 g/mol. The fraction of sp³-hybridized carbons (Fsp3) is 0.125. The number of rotatable bonds is 5. The predicted molar refractivity (Wildman–Crippen MR) is 86.3 cm³/mol. The summed E-state index contributed by atoms with van der Waals surface area (Å²) in [4.78, 5) is 13.2. The number of amides is 1. The normalized spacial score (nSPS) is 10.6. The largest absolute Gasteiger partial charge is 0.496 e. The van der Waals surface area contributed by atoms with Gasteiger partial charge in [-0.05, 0) is 36.1 Å². The van der Waals surface area contributed by atoms with E-state index >= 15 is 0 Å². The van der Waals surface area contributed by atoms with Crippen LogP contribution in [0.3, 0.4) is 0 Å². The van der Waals surface area contributed by atoms with Crippen molar-refractivity contribution in [3.63, 3.8) is 0 Å². The Kier molecular flexibility index (Phi) is 5.40. The Bertz CT molecular complexity index is 639. The minimum Gasteiger partial charge on any atom is -0.496 e. The van der Waals surface area contributed by atoms with E-state index < -0.39 is 0 Å². The van der Waals surface area contributed by atoms with Crippen molar-refractivity contribution in [2.75, 3.05) is 13.4 Å². The molecule has 0 aliphatic heterocycles. The minimum absolute atomic E-state index is 0.301. The lowest BCUT2D eigenvalue weighted by Gasteiger charge is -2.05. The Hall–Kier alpha value is -2.27. The van der Waals surface area contributed by atoms with E-state index in [4.69, 9.17) is 4.74 Å². The van der Waals surface area contributed by atoms with Gasteiger partial charge in [0, 0.05) is 4.90 Å². The van der Waals surface area contributed by atoms with E-state index in [-0.39, 0.29) is 5.91 Å². The molecular formula is C16H16N2O2S. The molecule has 0 bridgehead atoms. The molecule has 0 aliphatic rings. The Balaban J connectivity index is 2.01. The first-order valence-corrected chi connectivity index (χ1v) is 7.57. The molecule has 1 N–H and O–H groups in total. The standard InChI is InChI=1S/C16H16N2O2S/c1-20-15-6-4-3-5-14(15)16(19)18-17-11-12-7-9-13(21-2)10-8-12/h3-11H,1-2H3,(H,18,19). The number of methoxy groups -OCH3 is 1. The van der Waals surface area contributed by atoms with Crippen LogP contribution in [0.15, 0.2) is 58.5 Å². The number of nitrogens with one attached hydrogen (secondary N) is 1. The van der Waals surface area contributed by atoms with Crippen LogP contribution in [-0.4, -0.2) is 25.5 Å². The number of nitrogens with zero attached hydrogens (tertiary/aromatic N) is 1. The highest BCUT2D eigenvalue weighted by atomic mass is 32.2. The summed E-state index contributed by atoms with van der Waals surface area (Å²) in [5.41, 5.74) is 3.87. The van der Waals surface area contributed by atoms with Crippen molar-refractivity contribution < 1.29 is 9.53 Å². The number of benzene rings is 2. The Labute approximate surface area is 128 Å². The summed E-state index contributed by atoms with van der Waals surface area (Å²) in [6, 6.07) is 14.9. The topological polar surface area (TPSA) is 50.7 Å². The number of hydrogen-bond acceptors (Lipinski definition) is 4. The zero-order chi connectivity index (χ0) is 15.1. The molecule has 2 aromatic rings. The van der Waals surface area contributed by atoms with Crippen molar-refractivity contribution in [2.24, 2.45) is 5.10 Å². The first-order chi connectivity index (χ1) is 10.2. The fourth-order valence-electron chi connectivity index (χ4n) is 1.75. The molecule has 108 valence electrons. The van der Waals surface area contributed by atoms with Gasteiger partial charge in [0.15, 0.2) is 0 Å². The molecule has 0 spiro atoms. The third-order valence-electron chi connectivity index (χ3n) is 2.85. The summed E-state index contributed by atoms with van der Waals surface area (Å²) in [5, 5.41) is 3.96. The van der Waals surface area contributed by atoms with Crippen LogP contribution in [0.2, 0.25) is 0 Å². The van der Waals surface area contributed by atoms with Gasteiger partial charge >= 0.3 is 0 Å². The molecule has 0 atom stereocenters. The molecule has 5 heteroatoms. The number of thioether (sulfide) groups is 1. The summed E-state index contributed by atoms with van der Waals surface area (Å²) in [5.74, 6) is 0.221. The van der Waals surface area contributed by atoms with Gasteiger partial charge in [-0.3, -0.25) is 4.79 Å². The molecule has 0 heterocycles. The molecule has 4 nitrogen and oxygen atoms in total. The van der Waals surface area contributed by atoms with Crippen LogP contribution in [0.5, 0.6) is 5.75 Å². The molecule has 0 fully saturated rings. The third kappa shape index (κ3) is 4.10. The average Bonchev–Trinajstić information content (AvgIpc) is 2.55. The Morgan fingerprint density at radius 2 is 1.90 bits per heavy atom. The van der Waals surface area contributed by atoms with Gasteiger partial charge in [0.25, 0.3) is 5.91 Å². The Morgan fingerprint density at radius 3 is 2.57 bits per heavy atom. The maximum Gasteiger partial charge on any atom is 0.275 e. The second kappa shape index (κ2) is 7.50. The first kappa shape index (κ1) is 15.1. The van der Waals surface area contributed by atoms with E-state index in [1.165, 1.54) is 12.0 Å². The number of para-hydroxylation sites is 1. The highest BCUT2D eigenvalue weighted by molar-refractivity contribution is 7.98. The summed E-state index contributed by atoms with van der Waals surface area (Å²) in [6.07, 6.45) is 3.63. The lowest BCUT2D eigenvalue weighted by molar-refractivity contribution is 0.0952. The molecule has 2 aromatic carbocycles. The molecule has 0 saturated heterocycles. The van der Waals surface area contributed by atoms with Gasteiger partial charge in [0.2, 0.25) is 0 Å². The summed E-state index contributed by atoms with van der Waals surface area (Å²) >= 11 is 1.68. The van der Waals surface area contributed by atoms with E-state index in [0.717, 1.165) is 5.56 Å². The van der Waals surface area contributed by atoms with Crippen LogP contribution in [0.25, 0.3) is 0 Å². The van der Waals surface area contributed by atoms with Gasteiger partial charge in [0.05, 0.1) is 18.9 Å². The van der Waals surface area contributed by atoms with E-state index in [2.05, 4.69) is 10.5 Å². The molecule has 0 aromatic heterocycles. The molecule has 21 heavy (non-hydrogen) atoms. The van der Waals surface area contributed by atoms with Crippen molar-refractivity contribution in [3.05, 3.63) is 59.7 Å². The maximum atomic E-state index is 12.0. The summed E-state index contributed by atoms with van der Waals surface area (Å²) in [7, 11) is 1.53. The second-order valence-corrected chi connectivity index (χ2v) is 5.05. The van der Waals surface area contributed by atoms with Crippen LogP contribution in [0, 0.1) is 0 Å². The van der Waals surface area contributed by atoms with Gasteiger partial charge < -0.3 is 4.74 Å². The van der Waals surface area contributed by atoms with Crippen LogP contribution in [-0.2, 0) is 0 Å². The second-order valence-electron chi connectivity index (χ2n) is 4.17. The lowest BCUT2D eigenvalue weighted by atomic mass is 10.2. The zero-order valence-electron chi connectivity index (χ0n) is 11.9. The van der Waals surface area contributed by atoms with Gasteiger partial charge in [-0.15, -0.1) is 11.8 Å². The highest BCUT2D eigenvalue weighted by Crippen LogP contribution is 2.17. The third-order valence-corrected chi connectivity index (χ3v) is 3.59. The van der Waals surface area contributed by atoms with Crippen molar-refractivity contribution in [1.29, 1.82) is 0 Å². The molecule has 2 rings (SSSR count). The Morgan fingerprint density at radius 1 is 1.19 bits per heavy atom. The van der Waals surface area contributed by atoms with Crippen molar-refractivity contribution in [3.8, 4) is 5.75 Å². The molecule has 0 radical (unpaired) electrons.